The number of benzene rings is 1. The maximum Gasteiger partial charge on any atom is 0.129 e. The molecule has 1 aromatic heterocycles. The van der Waals surface area contributed by atoms with Crippen molar-refractivity contribution in [3.05, 3.63) is 59.9 Å². The van der Waals surface area contributed by atoms with Crippen LogP contribution in [0.5, 0.6) is 0 Å². The number of nitrogens with one attached hydrogen (secondary N) is 3. The van der Waals surface area contributed by atoms with Gasteiger partial charge in [-0.15, -0.1) is 0 Å². The van der Waals surface area contributed by atoms with E-state index in [-0.39, 0.29) is 0 Å². The molecule has 1 saturated heterocycles. The highest BCUT2D eigenvalue weighted by molar-refractivity contribution is 6.14. The average Bonchev–Trinajstić information content (AvgIpc) is 2.58. The first kappa shape index (κ1) is 16.5. The molecule has 128 valence electrons. The number of nitrogens with two attached hydrogens (primary N) is 2. The summed E-state index contributed by atoms with van der Waals surface area (Å²) in [6, 6.07) is 9.20. The molecule has 2 aromatic rings. The second-order valence-corrected chi connectivity index (χ2v) is 5.92. The van der Waals surface area contributed by atoms with E-state index in [4.69, 9.17) is 22.3 Å². The van der Waals surface area contributed by atoms with E-state index in [1.807, 2.05) is 6.07 Å². The van der Waals surface area contributed by atoms with Crippen LogP contribution in [0.1, 0.15) is 11.1 Å². The molecule has 7 nitrogen and oxygen atoms in total. The lowest BCUT2D eigenvalue weighted by Crippen LogP contribution is -2.57. The van der Waals surface area contributed by atoms with Crippen LogP contribution in [0.4, 0.5) is 17.2 Å². The first-order valence-corrected chi connectivity index (χ1v) is 7.95. The number of hydrogen-bond acceptors (Lipinski definition) is 7. The highest BCUT2D eigenvalue weighted by atomic mass is 15.3. The third-order valence-electron chi connectivity index (χ3n) is 4.11. The number of aromatic nitrogens is 1. The molecule has 7 N–H and O–H groups in total. The molecule has 25 heavy (non-hydrogen) atoms. The maximum absolute atomic E-state index is 8.45. The van der Waals surface area contributed by atoms with Gasteiger partial charge < -0.3 is 27.1 Å². The molecule has 0 saturated carbocycles. The molecule has 2 heterocycles. The van der Waals surface area contributed by atoms with E-state index in [2.05, 4.69) is 15.2 Å². The summed E-state index contributed by atoms with van der Waals surface area (Å²) in [6.45, 7) is 1.65. The summed E-state index contributed by atoms with van der Waals surface area (Å²) in [7, 11) is 0. The minimum Gasteiger partial charge on any atom is -0.399 e. The van der Waals surface area contributed by atoms with Crippen molar-refractivity contribution in [3.8, 4) is 0 Å². The zero-order chi connectivity index (χ0) is 17.8. The lowest BCUT2D eigenvalue weighted by Gasteiger charge is -2.40. The van der Waals surface area contributed by atoms with Gasteiger partial charge in [0.05, 0.1) is 11.8 Å². The van der Waals surface area contributed by atoms with E-state index in [1.54, 1.807) is 42.7 Å². The number of anilines is 3. The van der Waals surface area contributed by atoms with Gasteiger partial charge in [-0.1, -0.05) is 0 Å². The van der Waals surface area contributed by atoms with Crippen LogP contribution in [-0.2, 0) is 0 Å². The second-order valence-electron chi connectivity index (χ2n) is 5.92. The molecule has 0 radical (unpaired) electrons. The van der Waals surface area contributed by atoms with Crippen molar-refractivity contribution in [2.45, 2.75) is 6.04 Å². The van der Waals surface area contributed by atoms with E-state index in [0.717, 1.165) is 24.5 Å². The Labute approximate surface area is 146 Å². The summed E-state index contributed by atoms with van der Waals surface area (Å²) >= 11 is 0. The fourth-order valence-corrected chi connectivity index (χ4v) is 2.70. The predicted molar refractivity (Wildman–Crippen MR) is 102 cm³/mol. The number of rotatable bonds is 6. The molecule has 0 bridgehead atoms. The molecule has 1 aliphatic rings. The van der Waals surface area contributed by atoms with Crippen molar-refractivity contribution in [2.75, 3.05) is 29.5 Å². The van der Waals surface area contributed by atoms with Crippen LogP contribution in [0.3, 0.4) is 0 Å². The largest absolute Gasteiger partial charge is 0.399 e. The minimum atomic E-state index is 0.331. The predicted octanol–water partition coefficient (Wildman–Crippen LogP) is 1.60. The number of nitrogen functional groups attached to an aromatic ring is 2. The van der Waals surface area contributed by atoms with Crippen molar-refractivity contribution >= 4 is 29.1 Å². The fourth-order valence-electron chi connectivity index (χ4n) is 2.70. The standard InChI is InChI=1S/C18H21N7/c19-5-1-6-23-14-10-25(11-14)17-8-12(4-7-24-17)18(22)15-9-13(20)2-3-16(15)21/h1-9,14,19,22-23H,10-11,20-21H2/b6-1-,19-5?,22-18?. The quantitative estimate of drug-likeness (QED) is 0.405. The van der Waals surface area contributed by atoms with Crippen molar-refractivity contribution in [1.29, 1.82) is 10.8 Å². The summed E-state index contributed by atoms with van der Waals surface area (Å²) in [5.74, 6) is 0.832. The van der Waals surface area contributed by atoms with Gasteiger partial charge in [0.1, 0.15) is 5.82 Å². The van der Waals surface area contributed by atoms with Crippen LogP contribution >= 0.6 is 0 Å². The zero-order valence-corrected chi connectivity index (χ0v) is 13.7. The number of allylic oxidation sites excluding steroid dienone is 1. The summed E-state index contributed by atoms with van der Waals surface area (Å²) in [5.41, 5.74) is 14.6. The summed E-state index contributed by atoms with van der Waals surface area (Å²) in [6.07, 6.45) is 6.37. The number of nitrogens with zero attached hydrogens (tertiary/aromatic N) is 2. The minimum absolute atomic E-state index is 0.331. The average molecular weight is 335 g/mol. The van der Waals surface area contributed by atoms with Gasteiger partial charge in [0, 0.05) is 48.0 Å². The summed E-state index contributed by atoms with van der Waals surface area (Å²) < 4.78 is 0. The molecular weight excluding hydrogens is 314 g/mol. The van der Waals surface area contributed by atoms with E-state index in [9.17, 15) is 0 Å². The van der Waals surface area contributed by atoms with Crippen LogP contribution in [0.2, 0.25) is 0 Å². The van der Waals surface area contributed by atoms with Crippen molar-refractivity contribution in [1.82, 2.24) is 10.3 Å². The zero-order valence-electron chi connectivity index (χ0n) is 13.7. The second kappa shape index (κ2) is 7.04. The Kier molecular flexibility index (Phi) is 4.65. The van der Waals surface area contributed by atoms with Gasteiger partial charge in [0.2, 0.25) is 0 Å². The van der Waals surface area contributed by atoms with Crippen LogP contribution in [0, 0.1) is 10.8 Å². The normalized spacial score (nSPS) is 14.3. The maximum atomic E-state index is 8.45. The fraction of sp³-hybridized carbons (Fsp3) is 0.167. The third-order valence-corrected chi connectivity index (χ3v) is 4.11. The lowest BCUT2D eigenvalue weighted by atomic mass is 10.0. The molecule has 0 atom stereocenters. The number of hydrogen-bond donors (Lipinski definition) is 5. The molecule has 3 rings (SSSR count). The van der Waals surface area contributed by atoms with Gasteiger partial charge in [0.15, 0.2) is 0 Å². The van der Waals surface area contributed by atoms with Crippen LogP contribution in [0.25, 0.3) is 0 Å². The molecule has 0 spiro atoms. The first-order valence-electron chi connectivity index (χ1n) is 7.95. The van der Waals surface area contributed by atoms with Gasteiger partial charge in [-0.25, -0.2) is 4.98 Å². The molecular formula is C18H21N7. The van der Waals surface area contributed by atoms with E-state index in [1.165, 1.54) is 6.21 Å². The molecule has 0 amide bonds. The smallest absolute Gasteiger partial charge is 0.129 e. The highest BCUT2D eigenvalue weighted by Gasteiger charge is 2.27. The van der Waals surface area contributed by atoms with Crippen LogP contribution < -0.4 is 21.7 Å². The molecule has 7 heteroatoms. The van der Waals surface area contributed by atoms with Gasteiger partial charge in [-0.05, 0) is 42.6 Å². The monoisotopic (exact) mass is 335 g/mol. The summed E-state index contributed by atoms with van der Waals surface area (Å²) in [5, 5.41) is 18.6. The van der Waals surface area contributed by atoms with Gasteiger partial charge >= 0.3 is 0 Å². The van der Waals surface area contributed by atoms with E-state index < -0.39 is 0 Å². The third kappa shape index (κ3) is 3.60. The van der Waals surface area contributed by atoms with Crippen LogP contribution in [0.15, 0.2) is 48.8 Å². The molecule has 0 aliphatic carbocycles. The lowest BCUT2D eigenvalue weighted by molar-refractivity contribution is 0.461. The van der Waals surface area contributed by atoms with Gasteiger partial charge in [-0.2, -0.15) is 0 Å². The molecule has 1 aliphatic heterocycles. The highest BCUT2D eigenvalue weighted by Crippen LogP contribution is 2.23. The van der Waals surface area contributed by atoms with Gasteiger partial charge in [-0.3, -0.25) is 5.41 Å². The molecule has 1 aromatic carbocycles. The van der Waals surface area contributed by atoms with E-state index in [0.29, 0.717) is 28.7 Å². The summed E-state index contributed by atoms with van der Waals surface area (Å²) in [4.78, 5) is 6.53. The Balaban J connectivity index is 1.72. The van der Waals surface area contributed by atoms with Crippen molar-refractivity contribution in [3.63, 3.8) is 0 Å². The van der Waals surface area contributed by atoms with E-state index >= 15 is 0 Å². The Morgan fingerprint density at radius 2 is 2.04 bits per heavy atom. The Bertz CT molecular complexity index is 822. The van der Waals surface area contributed by atoms with Crippen molar-refractivity contribution in [2.24, 2.45) is 0 Å². The Morgan fingerprint density at radius 1 is 1.24 bits per heavy atom. The SMILES string of the molecule is N=C/C=C\NC1CN(c2cc(C(=N)c3cc(N)ccc3N)ccn2)C1. The Hall–Kier alpha value is -3.35. The molecule has 0 unspecified atom stereocenters. The van der Waals surface area contributed by atoms with Crippen molar-refractivity contribution < 1.29 is 0 Å². The topological polar surface area (TPSA) is 128 Å². The number of pyridine rings is 1. The van der Waals surface area contributed by atoms with Gasteiger partial charge in [0.25, 0.3) is 0 Å². The molecule has 1 fully saturated rings. The first-order chi connectivity index (χ1) is 12.1. The van der Waals surface area contributed by atoms with Crippen LogP contribution in [-0.4, -0.2) is 36.0 Å². The Morgan fingerprint density at radius 3 is 2.80 bits per heavy atom.